The summed E-state index contributed by atoms with van der Waals surface area (Å²) in [5.74, 6) is 0.458. The predicted molar refractivity (Wildman–Crippen MR) is 86.8 cm³/mol. The molecule has 21 heavy (non-hydrogen) atoms. The third-order valence-electron chi connectivity index (χ3n) is 3.41. The van der Waals surface area contributed by atoms with Crippen LogP contribution >= 0.6 is 11.6 Å². The zero-order valence-electron chi connectivity index (χ0n) is 13.2. The molecule has 0 heterocycles. The molecule has 1 aromatic rings. The molecular formula is C16H25ClN2O2. The molecule has 1 atom stereocenters. The number of rotatable bonds is 8. The number of carbonyl (C=O) groups excluding carboxylic acids is 1. The molecule has 118 valence electrons. The fourth-order valence-electron chi connectivity index (χ4n) is 2.06. The summed E-state index contributed by atoms with van der Waals surface area (Å²) in [5.41, 5.74) is 0.937. The van der Waals surface area contributed by atoms with E-state index in [1.54, 1.807) is 13.0 Å². The van der Waals surface area contributed by atoms with Gasteiger partial charge in [-0.3, -0.25) is 4.79 Å². The maximum Gasteiger partial charge on any atom is 0.260 e. The number of amides is 1. The normalized spacial score (nSPS) is 12.3. The smallest absolute Gasteiger partial charge is 0.260 e. The zero-order chi connectivity index (χ0) is 15.8. The summed E-state index contributed by atoms with van der Waals surface area (Å²) in [5, 5.41) is 6.57. The first-order chi connectivity index (χ1) is 10.0. The van der Waals surface area contributed by atoms with Crippen molar-refractivity contribution in [2.75, 3.05) is 7.05 Å². The lowest BCUT2D eigenvalue weighted by Gasteiger charge is -2.21. The molecular weight excluding hydrogens is 288 g/mol. The van der Waals surface area contributed by atoms with Crippen LogP contribution in [-0.4, -0.2) is 25.1 Å². The Morgan fingerprint density at radius 1 is 1.33 bits per heavy atom. The number of ether oxygens (including phenoxy) is 1. The molecule has 0 aliphatic rings. The molecule has 0 spiro atoms. The third-order valence-corrected chi connectivity index (χ3v) is 3.71. The van der Waals surface area contributed by atoms with Gasteiger partial charge in [0.2, 0.25) is 0 Å². The van der Waals surface area contributed by atoms with Crippen molar-refractivity contribution in [3.8, 4) is 5.75 Å². The Balaban J connectivity index is 2.78. The summed E-state index contributed by atoms with van der Waals surface area (Å²) in [6.45, 7) is 6.49. The van der Waals surface area contributed by atoms with Crippen LogP contribution in [0.4, 0.5) is 0 Å². The summed E-state index contributed by atoms with van der Waals surface area (Å²) in [7, 11) is 1.86. The number of nitrogens with one attached hydrogen (secondary N) is 2. The largest absolute Gasteiger partial charge is 0.479 e. The van der Waals surface area contributed by atoms with E-state index in [1.165, 1.54) is 0 Å². The van der Waals surface area contributed by atoms with Crippen molar-refractivity contribution < 1.29 is 9.53 Å². The molecule has 0 radical (unpaired) electrons. The van der Waals surface area contributed by atoms with Gasteiger partial charge in [-0.15, -0.1) is 0 Å². The Hall–Kier alpha value is -1.26. The van der Waals surface area contributed by atoms with Crippen LogP contribution in [0.15, 0.2) is 18.2 Å². The van der Waals surface area contributed by atoms with Gasteiger partial charge in [-0.25, -0.2) is 0 Å². The van der Waals surface area contributed by atoms with Crippen LogP contribution in [0.5, 0.6) is 5.75 Å². The van der Waals surface area contributed by atoms with E-state index in [2.05, 4.69) is 24.5 Å². The monoisotopic (exact) mass is 312 g/mol. The molecule has 1 aromatic carbocycles. The molecule has 0 saturated carbocycles. The van der Waals surface area contributed by atoms with Crippen LogP contribution < -0.4 is 15.4 Å². The molecule has 0 aromatic heterocycles. The quantitative estimate of drug-likeness (QED) is 0.775. The summed E-state index contributed by atoms with van der Waals surface area (Å²) >= 11 is 6.19. The Labute approximate surface area is 132 Å². The average molecular weight is 313 g/mol. The lowest BCUT2D eigenvalue weighted by atomic mass is 10.1. The van der Waals surface area contributed by atoms with Crippen LogP contribution in [-0.2, 0) is 11.3 Å². The van der Waals surface area contributed by atoms with Gasteiger partial charge in [0, 0.05) is 18.2 Å². The van der Waals surface area contributed by atoms with Gasteiger partial charge in [0.25, 0.3) is 5.91 Å². The maximum absolute atomic E-state index is 12.2. The number of para-hydroxylation sites is 1. The molecule has 1 rings (SSSR count). The minimum atomic E-state index is -0.582. The van der Waals surface area contributed by atoms with Crippen LogP contribution in [0, 0.1) is 0 Å². The molecule has 0 aliphatic heterocycles. The highest BCUT2D eigenvalue weighted by molar-refractivity contribution is 6.32. The number of carbonyl (C=O) groups is 1. The highest BCUT2D eigenvalue weighted by Crippen LogP contribution is 2.29. The Bertz CT molecular complexity index is 462. The minimum Gasteiger partial charge on any atom is -0.479 e. The molecule has 0 saturated heterocycles. The fourth-order valence-corrected chi connectivity index (χ4v) is 2.30. The van der Waals surface area contributed by atoms with E-state index in [1.807, 2.05) is 19.2 Å². The highest BCUT2D eigenvalue weighted by Gasteiger charge is 2.19. The van der Waals surface area contributed by atoms with E-state index in [4.69, 9.17) is 16.3 Å². The van der Waals surface area contributed by atoms with Crippen LogP contribution in [0.25, 0.3) is 0 Å². The SMILES string of the molecule is CCC(CC)NC(=O)C(C)Oc1c(Cl)cccc1CNC. The third kappa shape index (κ3) is 5.21. The topological polar surface area (TPSA) is 50.4 Å². The van der Waals surface area contributed by atoms with E-state index in [0.29, 0.717) is 17.3 Å². The van der Waals surface area contributed by atoms with Gasteiger partial charge >= 0.3 is 0 Å². The summed E-state index contributed by atoms with van der Waals surface area (Å²) in [6.07, 6.45) is 1.24. The lowest BCUT2D eigenvalue weighted by molar-refractivity contribution is -0.128. The Kier molecular flexibility index (Phi) is 7.54. The first-order valence-electron chi connectivity index (χ1n) is 7.42. The van der Waals surface area contributed by atoms with E-state index >= 15 is 0 Å². The molecule has 0 fully saturated rings. The van der Waals surface area contributed by atoms with Gasteiger partial charge < -0.3 is 15.4 Å². The highest BCUT2D eigenvalue weighted by atomic mass is 35.5. The molecule has 1 amide bonds. The molecule has 5 heteroatoms. The Morgan fingerprint density at radius 3 is 2.57 bits per heavy atom. The second kappa shape index (κ2) is 8.90. The standard InChI is InChI=1S/C16H25ClN2O2/c1-5-13(6-2)19-16(20)11(3)21-15-12(10-18-4)8-7-9-14(15)17/h7-9,11,13,18H,5-6,10H2,1-4H3,(H,19,20). The van der Waals surface area contributed by atoms with E-state index < -0.39 is 6.10 Å². The molecule has 2 N–H and O–H groups in total. The molecule has 4 nitrogen and oxygen atoms in total. The minimum absolute atomic E-state index is 0.112. The average Bonchev–Trinajstić information content (AvgIpc) is 2.48. The zero-order valence-corrected chi connectivity index (χ0v) is 14.0. The number of hydrogen-bond acceptors (Lipinski definition) is 3. The van der Waals surface area contributed by atoms with E-state index in [9.17, 15) is 4.79 Å². The van der Waals surface area contributed by atoms with Crippen molar-refractivity contribution in [3.05, 3.63) is 28.8 Å². The van der Waals surface area contributed by atoms with Crippen molar-refractivity contribution >= 4 is 17.5 Å². The van der Waals surface area contributed by atoms with Crippen LogP contribution in [0.3, 0.4) is 0 Å². The molecule has 1 unspecified atom stereocenters. The van der Waals surface area contributed by atoms with Gasteiger partial charge in [0.1, 0.15) is 5.75 Å². The predicted octanol–water partition coefficient (Wildman–Crippen LogP) is 3.13. The van der Waals surface area contributed by atoms with E-state index in [0.717, 1.165) is 18.4 Å². The summed E-state index contributed by atoms with van der Waals surface area (Å²) < 4.78 is 5.80. The maximum atomic E-state index is 12.2. The number of hydrogen-bond donors (Lipinski definition) is 2. The van der Waals surface area contributed by atoms with Crippen LogP contribution in [0.2, 0.25) is 5.02 Å². The first-order valence-corrected chi connectivity index (χ1v) is 7.80. The van der Waals surface area contributed by atoms with Crippen molar-refractivity contribution in [2.45, 2.75) is 52.3 Å². The van der Waals surface area contributed by atoms with Gasteiger partial charge in [-0.2, -0.15) is 0 Å². The van der Waals surface area contributed by atoms with Gasteiger partial charge in [0.15, 0.2) is 6.10 Å². The molecule has 0 aliphatic carbocycles. The fraction of sp³-hybridized carbons (Fsp3) is 0.562. The van der Waals surface area contributed by atoms with Crippen molar-refractivity contribution in [1.82, 2.24) is 10.6 Å². The Morgan fingerprint density at radius 2 is 2.00 bits per heavy atom. The van der Waals surface area contributed by atoms with Crippen molar-refractivity contribution in [3.63, 3.8) is 0 Å². The number of halogens is 1. The lowest BCUT2D eigenvalue weighted by Crippen LogP contribution is -2.42. The summed E-state index contributed by atoms with van der Waals surface area (Å²) in [4.78, 5) is 12.2. The number of benzene rings is 1. The molecule has 0 bridgehead atoms. The second-order valence-electron chi connectivity index (χ2n) is 5.04. The summed E-state index contributed by atoms with van der Waals surface area (Å²) in [6, 6.07) is 5.76. The second-order valence-corrected chi connectivity index (χ2v) is 5.45. The van der Waals surface area contributed by atoms with E-state index in [-0.39, 0.29) is 11.9 Å². The first kappa shape index (κ1) is 17.8. The van der Waals surface area contributed by atoms with Crippen molar-refractivity contribution in [1.29, 1.82) is 0 Å². The van der Waals surface area contributed by atoms with Gasteiger partial charge in [-0.05, 0) is 32.9 Å². The van der Waals surface area contributed by atoms with Crippen molar-refractivity contribution in [2.24, 2.45) is 0 Å². The van der Waals surface area contributed by atoms with Crippen LogP contribution in [0.1, 0.15) is 39.2 Å². The van der Waals surface area contributed by atoms with Gasteiger partial charge in [-0.1, -0.05) is 37.6 Å². The van der Waals surface area contributed by atoms with Gasteiger partial charge in [0.05, 0.1) is 5.02 Å².